The van der Waals surface area contributed by atoms with E-state index in [0.717, 1.165) is 24.1 Å². The van der Waals surface area contributed by atoms with Crippen LogP contribution in [0.25, 0.3) is 6.08 Å². The van der Waals surface area contributed by atoms with E-state index in [2.05, 4.69) is 36.6 Å². The first-order valence-electron chi connectivity index (χ1n) is 9.20. The molecule has 1 aromatic carbocycles. The number of carbonyl (C=O) groups excluding carboxylic acids is 2. The predicted molar refractivity (Wildman–Crippen MR) is 103 cm³/mol. The highest BCUT2D eigenvalue weighted by molar-refractivity contribution is 5.96. The third-order valence-corrected chi connectivity index (χ3v) is 6.48. The van der Waals surface area contributed by atoms with Crippen LogP contribution in [0.5, 0.6) is 0 Å². The first-order valence-corrected chi connectivity index (χ1v) is 9.20. The summed E-state index contributed by atoms with van der Waals surface area (Å²) in [5.74, 6) is 0.0405. The van der Waals surface area contributed by atoms with Crippen molar-refractivity contribution in [2.45, 2.75) is 40.0 Å². The van der Waals surface area contributed by atoms with Crippen LogP contribution >= 0.6 is 0 Å². The Bertz CT molecular complexity index is 752. The topological polar surface area (TPSA) is 70.6 Å². The molecule has 138 valence electrons. The number of hydrazone groups is 1. The van der Waals surface area contributed by atoms with E-state index in [1.165, 1.54) is 12.5 Å². The molecule has 0 aromatic heterocycles. The average Bonchev–Trinajstić information content (AvgIpc) is 2.97. The zero-order valence-electron chi connectivity index (χ0n) is 15.7. The van der Waals surface area contributed by atoms with Gasteiger partial charge >= 0.3 is 0 Å². The zero-order chi connectivity index (χ0) is 18.8. The summed E-state index contributed by atoms with van der Waals surface area (Å²) in [6.45, 7) is 6.77. The molecular weight excluding hydrogens is 326 g/mol. The quantitative estimate of drug-likeness (QED) is 0.631. The van der Waals surface area contributed by atoms with Gasteiger partial charge in [-0.25, -0.2) is 5.43 Å². The van der Waals surface area contributed by atoms with Crippen molar-refractivity contribution in [3.05, 3.63) is 42.0 Å². The maximum Gasteiger partial charge on any atom is 0.259 e. The molecule has 1 aromatic rings. The number of hydrogen-bond donors (Lipinski definition) is 2. The molecule has 2 fully saturated rings. The van der Waals surface area contributed by atoms with Crippen LogP contribution in [0.1, 0.15) is 45.6 Å². The van der Waals surface area contributed by atoms with Crippen LogP contribution in [-0.2, 0) is 9.59 Å². The third-order valence-electron chi connectivity index (χ3n) is 6.48. The Hall–Kier alpha value is -2.43. The first-order chi connectivity index (χ1) is 12.3. The average molecular weight is 353 g/mol. The highest BCUT2D eigenvalue weighted by atomic mass is 16.2. The van der Waals surface area contributed by atoms with Gasteiger partial charge in [0.1, 0.15) is 0 Å². The summed E-state index contributed by atoms with van der Waals surface area (Å²) in [5, 5.41) is 6.97. The molecular formula is C21H27N3O2. The van der Waals surface area contributed by atoms with E-state index >= 15 is 0 Å². The van der Waals surface area contributed by atoms with Crippen molar-refractivity contribution in [3.63, 3.8) is 0 Å². The monoisotopic (exact) mass is 353 g/mol. The van der Waals surface area contributed by atoms with Crippen LogP contribution in [-0.4, -0.2) is 24.1 Å². The molecule has 2 bridgehead atoms. The van der Waals surface area contributed by atoms with Gasteiger partial charge in [-0.05, 0) is 42.2 Å². The minimum Gasteiger partial charge on any atom is -0.343 e. The zero-order valence-corrected chi connectivity index (χ0v) is 15.7. The molecule has 5 nitrogen and oxygen atoms in total. The smallest absolute Gasteiger partial charge is 0.259 e. The van der Waals surface area contributed by atoms with Crippen LogP contribution in [0, 0.1) is 16.7 Å². The van der Waals surface area contributed by atoms with E-state index in [4.69, 9.17) is 0 Å². The summed E-state index contributed by atoms with van der Waals surface area (Å²) in [5.41, 5.74) is 4.92. The Balaban J connectivity index is 1.48. The van der Waals surface area contributed by atoms with Crippen molar-refractivity contribution < 1.29 is 9.59 Å². The molecule has 2 aliphatic carbocycles. The van der Waals surface area contributed by atoms with Gasteiger partial charge in [-0.1, -0.05) is 51.1 Å². The minimum atomic E-state index is -0.303. The molecule has 26 heavy (non-hydrogen) atoms. The minimum absolute atomic E-state index is 0.0621. The molecule has 2 amide bonds. The number of carbonyl (C=O) groups is 2. The number of nitrogens with one attached hydrogen (secondary N) is 2. The molecule has 0 radical (unpaired) electrons. The summed E-state index contributed by atoms with van der Waals surface area (Å²) >= 11 is 0. The van der Waals surface area contributed by atoms with Crippen molar-refractivity contribution in [1.82, 2.24) is 10.7 Å². The molecule has 0 unspecified atom stereocenters. The van der Waals surface area contributed by atoms with Crippen LogP contribution in [0.3, 0.4) is 0 Å². The van der Waals surface area contributed by atoms with E-state index < -0.39 is 0 Å². The third kappa shape index (κ3) is 3.43. The number of fused-ring (bicyclic) bond motifs is 2. The highest BCUT2D eigenvalue weighted by Crippen LogP contribution is 2.63. The van der Waals surface area contributed by atoms with Gasteiger partial charge in [0.2, 0.25) is 5.91 Å². The molecule has 5 heteroatoms. The van der Waals surface area contributed by atoms with Gasteiger partial charge in [0.05, 0.1) is 6.54 Å². The lowest BCUT2D eigenvalue weighted by Gasteiger charge is -2.34. The lowest BCUT2D eigenvalue weighted by Crippen LogP contribution is -2.37. The van der Waals surface area contributed by atoms with E-state index in [1.54, 1.807) is 6.08 Å². The van der Waals surface area contributed by atoms with Gasteiger partial charge in [-0.15, -0.1) is 0 Å². The van der Waals surface area contributed by atoms with Crippen molar-refractivity contribution in [2.24, 2.45) is 21.8 Å². The molecule has 2 aliphatic rings. The largest absolute Gasteiger partial charge is 0.343 e. The second kappa shape index (κ2) is 7.06. The standard InChI is InChI=1S/C21H27N3O2/c1-20(2)16-11-12-21(20,3)17(13-16)23-24-19(26)14-22-18(25)10-9-15-7-5-4-6-8-15/h4-10,16H,11-14H2,1-3H3,(H,22,25)(H,24,26)/b10-9+,23-17+/t16-,21-/m0/s1. The summed E-state index contributed by atoms with van der Waals surface area (Å²) < 4.78 is 0. The molecule has 0 spiro atoms. The summed E-state index contributed by atoms with van der Waals surface area (Å²) in [6.07, 6.45) is 6.45. The van der Waals surface area contributed by atoms with Crippen LogP contribution in [0.2, 0.25) is 0 Å². The number of nitrogens with zero attached hydrogens (tertiary/aromatic N) is 1. The molecule has 0 aliphatic heterocycles. The Kier molecular flexibility index (Phi) is 4.99. The van der Waals surface area contributed by atoms with E-state index in [9.17, 15) is 9.59 Å². The lowest BCUT2D eigenvalue weighted by molar-refractivity contribution is -0.123. The summed E-state index contributed by atoms with van der Waals surface area (Å²) in [7, 11) is 0. The van der Waals surface area contributed by atoms with E-state index in [0.29, 0.717) is 5.92 Å². The maximum absolute atomic E-state index is 12.0. The predicted octanol–water partition coefficient (Wildman–Crippen LogP) is 3.13. The summed E-state index contributed by atoms with van der Waals surface area (Å²) in [6, 6.07) is 9.54. The number of amides is 2. The molecule has 2 saturated carbocycles. The SMILES string of the molecule is CC1(C)[C@H]2CC[C@@]1(C)/C(=N/NC(=O)CNC(=O)/C=C/c1ccccc1)C2. The van der Waals surface area contributed by atoms with Crippen molar-refractivity contribution in [3.8, 4) is 0 Å². The van der Waals surface area contributed by atoms with E-state index in [-0.39, 0.29) is 29.2 Å². The van der Waals surface area contributed by atoms with Crippen molar-refractivity contribution in [1.29, 1.82) is 0 Å². The van der Waals surface area contributed by atoms with Crippen molar-refractivity contribution in [2.75, 3.05) is 6.54 Å². The second-order valence-corrected chi connectivity index (χ2v) is 8.05. The van der Waals surface area contributed by atoms with Gasteiger partial charge in [-0.3, -0.25) is 9.59 Å². The highest BCUT2D eigenvalue weighted by Gasteiger charge is 2.59. The molecule has 2 N–H and O–H groups in total. The Morgan fingerprint density at radius 1 is 1.23 bits per heavy atom. The van der Waals surface area contributed by atoms with Crippen LogP contribution in [0.15, 0.2) is 41.5 Å². The van der Waals surface area contributed by atoms with Gasteiger partial charge in [0.25, 0.3) is 5.91 Å². The number of rotatable bonds is 5. The molecule has 0 heterocycles. The normalized spacial score (nSPS) is 27.8. The lowest BCUT2D eigenvalue weighted by atomic mass is 9.70. The fourth-order valence-corrected chi connectivity index (χ4v) is 4.23. The van der Waals surface area contributed by atoms with Crippen LogP contribution in [0.4, 0.5) is 0 Å². The van der Waals surface area contributed by atoms with Gasteiger partial charge in [-0.2, -0.15) is 5.10 Å². The maximum atomic E-state index is 12.0. The Labute approximate surface area is 154 Å². The first kappa shape index (κ1) is 18.4. The fourth-order valence-electron chi connectivity index (χ4n) is 4.23. The Morgan fingerprint density at radius 2 is 1.96 bits per heavy atom. The fraction of sp³-hybridized carbons (Fsp3) is 0.476. The molecule has 2 atom stereocenters. The Morgan fingerprint density at radius 3 is 2.58 bits per heavy atom. The van der Waals surface area contributed by atoms with Gasteiger partial charge in [0.15, 0.2) is 0 Å². The number of benzene rings is 1. The second-order valence-electron chi connectivity index (χ2n) is 8.05. The van der Waals surface area contributed by atoms with Gasteiger partial charge in [0, 0.05) is 17.2 Å². The van der Waals surface area contributed by atoms with Crippen molar-refractivity contribution >= 4 is 23.6 Å². The van der Waals surface area contributed by atoms with E-state index in [1.807, 2.05) is 30.3 Å². The number of hydrogen-bond acceptors (Lipinski definition) is 3. The van der Waals surface area contributed by atoms with Crippen LogP contribution < -0.4 is 10.7 Å². The van der Waals surface area contributed by atoms with Gasteiger partial charge < -0.3 is 5.32 Å². The summed E-state index contributed by atoms with van der Waals surface area (Å²) in [4.78, 5) is 23.8. The molecule has 3 rings (SSSR count). The molecule has 0 saturated heterocycles.